The van der Waals surface area contributed by atoms with E-state index in [-0.39, 0.29) is 18.2 Å². The van der Waals surface area contributed by atoms with Gasteiger partial charge in [-0.25, -0.2) is 0 Å². The summed E-state index contributed by atoms with van der Waals surface area (Å²) in [7, 11) is 0. The van der Waals surface area contributed by atoms with Crippen LogP contribution in [0.2, 0.25) is 10.0 Å². The number of amides is 3. The maximum Gasteiger partial charge on any atom is 0.269 e. The van der Waals surface area contributed by atoms with Crippen LogP contribution < -0.4 is 16.2 Å². The van der Waals surface area contributed by atoms with Gasteiger partial charge in [-0.1, -0.05) is 59.6 Å². The van der Waals surface area contributed by atoms with Gasteiger partial charge < -0.3 is 5.32 Å². The third kappa shape index (κ3) is 5.51. The van der Waals surface area contributed by atoms with Crippen molar-refractivity contribution in [2.75, 3.05) is 5.32 Å². The number of carbonyl (C=O) groups is 3. The summed E-state index contributed by atoms with van der Waals surface area (Å²) >= 11 is 13.6. The predicted octanol–water partition coefficient (Wildman–Crippen LogP) is 5.46. The number of carbonyl (C=O) groups excluding carboxylic acids is 3. The van der Waals surface area contributed by atoms with Gasteiger partial charge in [-0.2, -0.15) is 0 Å². The summed E-state index contributed by atoms with van der Waals surface area (Å²) in [4.78, 5) is 37.3. The molecule has 4 aromatic rings. The van der Waals surface area contributed by atoms with E-state index in [1.54, 1.807) is 42.5 Å². The molecule has 0 spiro atoms. The SMILES string of the molecule is O=C(Cc1ccccc1)NNC(=O)c1ccc(NC(=O)c2sc3cc(Cl)ccc3c2Cl)cc1. The summed E-state index contributed by atoms with van der Waals surface area (Å²) in [6.07, 6.45) is 0.151. The van der Waals surface area contributed by atoms with E-state index >= 15 is 0 Å². The lowest BCUT2D eigenvalue weighted by Crippen LogP contribution is -2.42. The summed E-state index contributed by atoms with van der Waals surface area (Å²) in [5.41, 5.74) is 6.43. The van der Waals surface area contributed by atoms with E-state index in [4.69, 9.17) is 23.2 Å². The highest BCUT2D eigenvalue weighted by Crippen LogP contribution is 2.37. The standard InChI is InChI=1S/C24H17Cl2N3O3S/c25-16-8-11-18-19(13-16)33-22(21(18)26)24(32)27-17-9-6-15(7-10-17)23(31)29-28-20(30)12-14-4-2-1-3-5-14/h1-11,13H,12H2,(H,27,32)(H,28,30)(H,29,31). The number of benzene rings is 3. The molecule has 33 heavy (non-hydrogen) atoms. The molecule has 0 unspecified atom stereocenters. The van der Waals surface area contributed by atoms with Gasteiger partial charge in [0.05, 0.1) is 11.4 Å². The van der Waals surface area contributed by atoms with E-state index in [0.29, 0.717) is 26.2 Å². The van der Waals surface area contributed by atoms with Gasteiger partial charge in [-0.15, -0.1) is 11.3 Å². The molecule has 6 nitrogen and oxygen atoms in total. The lowest BCUT2D eigenvalue weighted by atomic mass is 10.1. The molecule has 3 amide bonds. The molecule has 3 aromatic carbocycles. The second kappa shape index (κ2) is 10.0. The van der Waals surface area contributed by atoms with Crippen molar-refractivity contribution < 1.29 is 14.4 Å². The normalized spacial score (nSPS) is 10.6. The summed E-state index contributed by atoms with van der Waals surface area (Å²) in [6, 6.07) is 20.7. The van der Waals surface area contributed by atoms with E-state index in [2.05, 4.69) is 16.2 Å². The number of hydrazine groups is 1. The third-order valence-corrected chi connectivity index (χ3v) is 6.62. The predicted molar refractivity (Wildman–Crippen MR) is 132 cm³/mol. The number of halogens is 2. The van der Waals surface area contributed by atoms with Gasteiger partial charge in [0.1, 0.15) is 4.88 Å². The van der Waals surface area contributed by atoms with Crippen LogP contribution in [0.1, 0.15) is 25.6 Å². The van der Waals surface area contributed by atoms with Crippen LogP contribution >= 0.6 is 34.5 Å². The van der Waals surface area contributed by atoms with E-state index in [9.17, 15) is 14.4 Å². The smallest absolute Gasteiger partial charge is 0.269 e. The minimum atomic E-state index is -0.473. The van der Waals surface area contributed by atoms with Gasteiger partial charge in [0.15, 0.2) is 0 Å². The van der Waals surface area contributed by atoms with Crippen molar-refractivity contribution in [1.29, 1.82) is 0 Å². The first kappa shape index (κ1) is 22.8. The Bertz CT molecular complexity index is 1340. The molecule has 0 atom stereocenters. The van der Waals surface area contributed by atoms with E-state index in [1.165, 1.54) is 11.3 Å². The summed E-state index contributed by atoms with van der Waals surface area (Å²) < 4.78 is 0.819. The lowest BCUT2D eigenvalue weighted by Gasteiger charge is -2.09. The quantitative estimate of drug-likeness (QED) is 0.319. The fourth-order valence-electron chi connectivity index (χ4n) is 3.10. The highest BCUT2D eigenvalue weighted by atomic mass is 35.5. The maximum atomic E-state index is 12.7. The van der Waals surface area contributed by atoms with Crippen molar-refractivity contribution in [3.05, 3.63) is 98.8 Å². The van der Waals surface area contributed by atoms with Crippen molar-refractivity contribution in [3.63, 3.8) is 0 Å². The molecule has 0 bridgehead atoms. The van der Waals surface area contributed by atoms with Crippen LogP contribution in [0.5, 0.6) is 0 Å². The van der Waals surface area contributed by atoms with Gasteiger partial charge >= 0.3 is 0 Å². The Kier molecular flexibility index (Phi) is 6.93. The Morgan fingerprint density at radius 3 is 2.27 bits per heavy atom. The van der Waals surface area contributed by atoms with Gasteiger partial charge in [0.25, 0.3) is 11.8 Å². The lowest BCUT2D eigenvalue weighted by molar-refractivity contribution is -0.121. The maximum absolute atomic E-state index is 12.7. The van der Waals surface area contributed by atoms with Crippen LogP contribution in [0.15, 0.2) is 72.8 Å². The average molecular weight is 498 g/mol. The van der Waals surface area contributed by atoms with Crippen molar-refractivity contribution in [3.8, 4) is 0 Å². The number of nitrogens with one attached hydrogen (secondary N) is 3. The van der Waals surface area contributed by atoms with Crippen LogP contribution in [0.3, 0.4) is 0 Å². The second-order valence-corrected chi connectivity index (χ2v) is 8.95. The Labute approximate surface area is 203 Å². The molecule has 0 radical (unpaired) electrons. The van der Waals surface area contributed by atoms with Gasteiger partial charge in [-0.05, 0) is 42.0 Å². The highest BCUT2D eigenvalue weighted by molar-refractivity contribution is 7.21. The molecule has 0 fully saturated rings. The molecule has 3 N–H and O–H groups in total. The van der Waals surface area contributed by atoms with Crippen LogP contribution in [0.4, 0.5) is 5.69 Å². The van der Waals surface area contributed by atoms with Gasteiger partial charge in [0.2, 0.25) is 5.91 Å². The summed E-state index contributed by atoms with van der Waals surface area (Å²) in [6.45, 7) is 0. The molecule has 166 valence electrons. The molecule has 1 heterocycles. The largest absolute Gasteiger partial charge is 0.321 e. The fraction of sp³-hybridized carbons (Fsp3) is 0.0417. The monoisotopic (exact) mass is 497 g/mol. The van der Waals surface area contributed by atoms with Crippen molar-refractivity contribution in [2.45, 2.75) is 6.42 Å². The summed E-state index contributed by atoms with van der Waals surface area (Å²) in [5, 5.41) is 4.47. The number of hydrogen-bond donors (Lipinski definition) is 3. The number of anilines is 1. The third-order valence-electron chi connectivity index (χ3n) is 4.73. The highest BCUT2D eigenvalue weighted by Gasteiger charge is 2.18. The Hall–Kier alpha value is -3.39. The molecule has 0 saturated heterocycles. The topological polar surface area (TPSA) is 87.3 Å². The molecule has 1 aromatic heterocycles. The first-order chi connectivity index (χ1) is 15.9. The molecule has 4 rings (SSSR count). The van der Waals surface area contributed by atoms with Crippen molar-refractivity contribution >= 4 is 68.0 Å². The Morgan fingerprint density at radius 2 is 1.55 bits per heavy atom. The first-order valence-corrected chi connectivity index (χ1v) is 11.4. The van der Waals surface area contributed by atoms with Crippen LogP contribution in [-0.4, -0.2) is 17.7 Å². The number of fused-ring (bicyclic) bond motifs is 1. The Balaban J connectivity index is 1.35. The molecule has 0 aliphatic carbocycles. The molecule has 0 aliphatic rings. The van der Waals surface area contributed by atoms with Crippen LogP contribution in [0, 0.1) is 0 Å². The minimum Gasteiger partial charge on any atom is -0.321 e. The van der Waals surface area contributed by atoms with Crippen LogP contribution in [0.25, 0.3) is 10.1 Å². The fourth-order valence-corrected chi connectivity index (χ4v) is 4.79. The summed E-state index contributed by atoms with van der Waals surface area (Å²) in [5.74, 6) is -1.17. The number of rotatable bonds is 5. The van der Waals surface area contributed by atoms with Crippen molar-refractivity contribution in [2.24, 2.45) is 0 Å². The number of thiophene rings is 1. The molecule has 9 heteroatoms. The zero-order valence-corrected chi connectivity index (χ0v) is 19.4. The van der Waals surface area contributed by atoms with Crippen molar-refractivity contribution in [1.82, 2.24) is 10.9 Å². The van der Waals surface area contributed by atoms with E-state index < -0.39 is 5.91 Å². The second-order valence-electron chi connectivity index (χ2n) is 7.08. The first-order valence-electron chi connectivity index (χ1n) is 9.83. The molecular weight excluding hydrogens is 481 g/mol. The molecular formula is C24H17Cl2N3O3S. The van der Waals surface area contributed by atoms with E-state index in [0.717, 1.165) is 15.6 Å². The average Bonchev–Trinajstić information content (AvgIpc) is 3.14. The molecule has 0 saturated carbocycles. The van der Waals surface area contributed by atoms with E-state index in [1.807, 2.05) is 30.3 Å². The molecule has 0 aliphatic heterocycles. The zero-order chi connectivity index (χ0) is 23.4. The van der Waals surface area contributed by atoms with Gasteiger partial charge in [-0.3, -0.25) is 25.2 Å². The Morgan fingerprint density at radius 1 is 0.818 bits per heavy atom. The van der Waals surface area contributed by atoms with Crippen LogP contribution in [-0.2, 0) is 11.2 Å². The zero-order valence-electron chi connectivity index (χ0n) is 17.0. The minimum absolute atomic E-state index is 0.151. The number of hydrogen-bond acceptors (Lipinski definition) is 4. The van der Waals surface area contributed by atoms with Gasteiger partial charge in [0, 0.05) is 26.4 Å².